The van der Waals surface area contributed by atoms with Gasteiger partial charge in [0.2, 0.25) is 0 Å². The number of methoxy groups -OCH3 is 1. The van der Waals surface area contributed by atoms with E-state index in [9.17, 15) is 10.1 Å². The minimum Gasteiger partial charge on any atom is -0.496 e. The minimum absolute atomic E-state index is 0.136. The largest absolute Gasteiger partial charge is 0.496 e. The number of ether oxygens (including phenoxy) is 1. The van der Waals surface area contributed by atoms with Crippen LogP contribution in [0.2, 0.25) is 0 Å². The molecule has 1 unspecified atom stereocenters. The Hall–Kier alpha value is -2.31. The van der Waals surface area contributed by atoms with E-state index in [2.05, 4.69) is 10.0 Å². The van der Waals surface area contributed by atoms with E-state index in [0.717, 1.165) is 0 Å². The summed E-state index contributed by atoms with van der Waals surface area (Å²) in [5.41, 5.74) is 8.60. The predicted octanol–water partition coefficient (Wildman–Crippen LogP) is 1.95. The van der Waals surface area contributed by atoms with Gasteiger partial charge in [0.15, 0.2) is 0 Å². The number of hydrogen-bond acceptors (Lipinski definition) is 5. The van der Waals surface area contributed by atoms with Gasteiger partial charge in [-0.15, -0.1) is 0 Å². The van der Waals surface area contributed by atoms with Crippen molar-refractivity contribution in [3.63, 3.8) is 0 Å². The number of hydrogen-bond donors (Lipinski definition) is 1. The van der Waals surface area contributed by atoms with Crippen LogP contribution in [0.1, 0.15) is 11.6 Å². The monoisotopic (exact) mass is 238 g/mol. The maximum Gasteiger partial charge on any atom is 0.273 e. The smallest absolute Gasteiger partial charge is 0.273 e. The molecule has 0 spiro atoms. The first-order chi connectivity index (χ1) is 8.13. The van der Waals surface area contributed by atoms with Crippen LogP contribution in [0.15, 0.2) is 23.3 Å². The molecule has 8 nitrogen and oxygen atoms in total. The van der Waals surface area contributed by atoms with Crippen LogP contribution < -0.4 is 4.74 Å². The van der Waals surface area contributed by atoms with Gasteiger partial charge in [-0.05, 0) is 11.6 Å². The molecule has 0 aliphatic heterocycles. The molecule has 1 rings (SSSR count). The van der Waals surface area contributed by atoms with Crippen LogP contribution in [0.5, 0.6) is 5.75 Å². The second kappa shape index (κ2) is 5.69. The molecule has 0 aromatic heterocycles. The summed E-state index contributed by atoms with van der Waals surface area (Å²) in [5.74, 6) is 0.200. The van der Waals surface area contributed by atoms with Crippen molar-refractivity contribution >= 4 is 5.69 Å². The van der Waals surface area contributed by atoms with E-state index in [-0.39, 0.29) is 11.4 Å². The molecule has 1 aromatic rings. The average Bonchev–Trinajstić information content (AvgIpc) is 2.35. The summed E-state index contributed by atoms with van der Waals surface area (Å²) < 4.78 is 4.97. The second-order valence-electron chi connectivity index (χ2n) is 3.09. The van der Waals surface area contributed by atoms with Gasteiger partial charge < -0.3 is 9.84 Å². The first-order valence-corrected chi connectivity index (χ1v) is 4.61. The molecule has 0 amide bonds. The number of aliphatic hydroxyl groups excluding tert-OH is 1. The van der Waals surface area contributed by atoms with E-state index in [1.165, 1.54) is 25.3 Å². The van der Waals surface area contributed by atoms with Crippen LogP contribution in [0.25, 0.3) is 10.4 Å². The molecule has 1 aromatic carbocycles. The molecule has 1 atom stereocenters. The maximum absolute atomic E-state index is 10.6. The Kier molecular flexibility index (Phi) is 4.27. The molecule has 0 aliphatic rings. The summed E-state index contributed by atoms with van der Waals surface area (Å²) in [7, 11) is 1.34. The van der Waals surface area contributed by atoms with Crippen molar-refractivity contribution in [2.24, 2.45) is 5.11 Å². The van der Waals surface area contributed by atoms with E-state index in [1.807, 2.05) is 0 Å². The number of benzene rings is 1. The van der Waals surface area contributed by atoms with Gasteiger partial charge in [0.25, 0.3) is 5.69 Å². The molecule has 17 heavy (non-hydrogen) atoms. The van der Waals surface area contributed by atoms with Crippen LogP contribution in [-0.4, -0.2) is 23.7 Å². The van der Waals surface area contributed by atoms with Crippen LogP contribution in [0.4, 0.5) is 5.69 Å². The van der Waals surface area contributed by atoms with Crippen LogP contribution in [-0.2, 0) is 0 Å². The number of azide groups is 1. The third kappa shape index (κ3) is 2.83. The summed E-state index contributed by atoms with van der Waals surface area (Å²) in [5, 5.41) is 23.0. The Labute approximate surface area is 96.2 Å². The summed E-state index contributed by atoms with van der Waals surface area (Å²) in [6, 6.07) is 3.04. The Morgan fingerprint density at radius 1 is 1.71 bits per heavy atom. The topological polar surface area (TPSA) is 121 Å². The molecular weight excluding hydrogens is 228 g/mol. The van der Waals surface area contributed by atoms with Gasteiger partial charge in [0.05, 0.1) is 30.7 Å². The Bertz CT molecular complexity index is 470. The van der Waals surface area contributed by atoms with Crippen molar-refractivity contribution in [3.05, 3.63) is 44.3 Å². The van der Waals surface area contributed by atoms with Gasteiger partial charge in [0, 0.05) is 16.5 Å². The number of rotatable bonds is 5. The lowest BCUT2D eigenvalue weighted by molar-refractivity contribution is -0.384. The SMILES string of the molecule is COc1cc([N+](=O)[O-])ccc1C(CO)N=[N+]=[N-]. The highest BCUT2D eigenvalue weighted by Gasteiger charge is 2.17. The highest BCUT2D eigenvalue weighted by molar-refractivity contribution is 5.45. The lowest BCUT2D eigenvalue weighted by atomic mass is 10.1. The van der Waals surface area contributed by atoms with Crippen molar-refractivity contribution < 1.29 is 14.8 Å². The standard InChI is InChI=1S/C9H10N4O4/c1-17-9-4-6(13(15)16)2-3-7(9)8(5-14)11-12-10/h2-4,8,14H,5H2,1H3. The molecule has 0 fully saturated rings. The average molecular weight is 238 g/mol. The zero-order chi connectivity index (χ0) is 12.8. The number of nitro benzene ring substituents is 1. The van der Waals surface area contributed by atoms with E-state index in [4.69, 9.17) is 15.4 Å². The number of aliphatic hydroxyl groups is 1. The fourth-order valence-electron chi connectivity index (χ4n) is 1.35. The minimum atomic E-state index is -0.823. The maximum atomic E-state index is 10.6. The van der Waals surface area contributed by atoms with Gasteiger partial charge >= 0.3 is 0 Å². The molecule has 0 saturated heterocycles. The van der Waals surface area contributed by atoms with Crippen molar-refractivity contribution in [1.29, 1.82) is 0 Å². The lowest BCUT2D eigenvalue weighted by Crippen LogP contribution is -2.03. The highest BCUT2D eigenvalue weighted by Crippen LogP contribution is 2.31. The number of non-ortho nitro benzene ring substituents is 1. The highest BCUT2D eigenvalue weighted by atomic mass is 16.6. The summed E-state index contributed by atoms with van der Waals surface area (Å²) in [4.78, 5) is 12.6. The van der Waals surface area contributed by atoms with E-state index >= 15 is 0 Å². The summed E-state index contributed by atoms with van der Waals surface area (Å²) in [6.07, 6.45) is 0. The van der Waals surface area contributed by atoms with Crippen LogP contribution in [0.3, 0.4) is 0 Å². The molecule has 0 radical (unpaired) electrons. The van der Waals surface area contributed by atoms with Crippen molar-refractivity contribution in [1.82, 2.24) is 0 Å². The lowest BCUT2D eigenvalue weighted by Gasteiger charge is -2.12. The number of nitrogens with zero attached hydrogens (tertiary/aromatic N) is 4. The van der Waals surface area contributed by atoms with E-state index in [0.29, 0.717) is 5.56 Å². The molecule has 0 saturated carbocycles. The van der Waals surface area contributed by atoms with E-state index < -0.39 is 17.6 Å². The Balaban J connectivity index is 3.24. The van der Waals surface area contributed by atoms with Crippen LogP contribution >= 0.6 is 0 Å². The quantitative estimate of drug-likeness (QED) is 0.277. The Morgan fingerprint density at radius 3 is 2.88 bits per heavy atom. The van der Waals surface area contributed by atoms with Gasteiger partial charge in [-0.3, -0.25) is 10.1 Å². The zero-order valence-corrected chi connectivity index (χ0v) is 8.98. The summed E-state index contributed by atoms with van der Waals surface area (Å²) in [6.45, 7) is -0.405. The third-order valence-corrected chi connectivity index (χ3v) is 2.15. The van der Waals surface area contributed by atoms with Gasteiger partial charge in [0.1, 0.15) is 5.75 Å². The molecule has 0 bridgehead atoms. The van der Waals surface area contributed by atoms with E-state index in [1.54, 1.807) is 0 Å². The van der Waals surface area contributed by atoms with Crippen molar-refractivity contribution in [2.45, 2.75) is 6.04 Å². The predicted molar refractivity (Wildman–Crippen MR) is 58.6 cm³/mol. The molecule has 0 heterocycles. The first kappa shape index (κ1) is 12.8. The molecule has 8 heteroatoms. The van der Waals surface area contributed by atoms with Crippen molar-refractivity contribution in [3.8, 4) is 5.75 Å². The molecule has 1 N–H and O–H groups in total. The van der Waals surface area contributed by atoms with Crippen molar-refractivity contribution in [2.75, 3.05) is 13.7 Å². The fraction of sp³-hybridized carbons (Fsp3) is 0.333. The summed E-state index contributed by atoms with van der Waals surface area (Å²) >= 11 is 0. The van der Waals surface area contributed by atoms with Gasteiger partial charge in [-0.1, -0.05) is 5.11 Å². The zero-order valence-electron chi connectivity index (χ0n) is 8.98. The van der Waals surface area contributed by atoms with Crippen LogP contribution in [0, 0.1) is 10.1 Å². The Morgan fingerprint density at radius 2 is 2.41 bits per heavy atom. The normalized spacial score (nSPS) is 11.4. The fourth-order valence-corrected chi connectivity index (χ4v) is 1.35. The molecule has 90 valence electrons. The third-order valence-electron chi connectivity index (χ3n) is 2.15. The van der Waals surface area contributed by atoms with Gasteiger partial charge in [-0.2, -0.15) is 0 Å². The molecule has 0 aliphatic carbocycles. The number of nitro groups is 1. The molecular formula is C9H10N4O4. The first-order valence-electron chi connectivity index (χ1n) is 4.61. The second-order valence-corrected chi connectivity index (χ2v) is 3.09. The van der Waals surface area contributed by atoms with Gasteiger partial charge in [-0.25, -0.2) is 0 Å².